The smallest absolute Gasteiger partial charge is 0.127 e. The van der Waals surface area contributed by atoms with E-state index in [1.165, 1.54) is 0 Å². The molecule has 0 aliphatic heterocycles. The van der Waals surface area contributed by atoms with E-state index in [9.17, 15) is 4.21 Å². The van der Waals surface area contributed by atoms with Crippen molar-refractivity contribution >= 4 is 45.0 Å². The summed E-state index contributed by atoms with van der Waals surface area (Å²) in [5, 5.41) is 1.02. The Hall–Kier alpha value is -2.34. The summed E-state index contributed by atoms with van der Waals surface area (Å²) in [5.74, 6) is 1.51. The van der Waals surface area contributed by atoms with Crippen LogP contribution in [0.3, 0.4) is 0 Å². The van der Waals surface area contributed by atoms with Crippen molar-refractivity contribution in [2.24, 2.45) is 0 Å². The van der Waals surface area contributed by atoms with E-state index in [-0.39, 0.29) is 6.10 Å². The zero-order valence-electron chi connectivity index (χ0n) is 17.4. The van der Waals surface area contributed by atoms with Gasteiger partial charge in [-0.3, -0.25) is 4.21 Å². The number of rotatable bonds is 6. The maximum Gasteiger partial charge on any atom is 0.127 e. The predicted molar refractivity (Wildman–Crippen MR) is 129 cm³/mol. The second kappa shape index (κ2) is 9.03. The molecule has 0 bridgehead atoms. The SMILES string of the molecule is CC(C)Oc1ccccc1-c1c(Cl)cc2[nH]c(Cc3ccc(S(C)=O)cc3)nc2c1Cl. The number of nitrogens with zero attached hydrogens (tertiary/aromatic N) is 1. The fourth-order valence-electron chi connectivity index (χ4n) is 3.48. The molecule has 1 aromatic heterocycles. The van der Waals surface area contributed by atoms with Gasteiger partial charge in [0.15, 0.2) is 0 Å². The largest absolute Gasteiger partial charge is 0.490 e. The predicted octanol–water partition coefficient (Wildman–Crippen LogP) is 6.65. The number of para-hydroxylation sites is 1. The molecule has 0 radical (unpaired) electrons. The minimum Gasteiger partial charge on any atom is -0.490 e. The van der Waals surface area contributed by atoms with Gasteiger partial charge in [0.25, 0.3) is 0 Å². The van der Waals surface area contributed by atoms with Gasteiger partial charge in [-0.1, -0.05) is 53.5 Å². The summed E-state index contributed by atoms with van der Waals surface area (Å²) in [6.07, 6.45) is 2.29. The fourth-order valence-corrected chi connectivity index (χ4v) is 4.71. The van der Waals surface area contributed by atoms with Gasteiger partial charge in [-0.05, 0) is 43.7 Å². The number of halogens is 2. The zero-order chi connectivity index (χ0) is 22.1. The molecule has 0 spiro atoms. The van der Waals surface area contributed by atoms with Crippen molar-refractivity contribution in [2.75, 3.05) is 6.26 Å². The normalized spacial score (nSPS) is 12.5. The highest BCUT2D eigenvalue weighted by Gasteiger charge is 2.19. The summed E-state index contributed by atoms with van der Waals surface area (Å²) < 4.78 is 17.6. The summed E-state index contributed by atoms with van der Waals surface area (Å²) in [7, 11) is -0.995. The second-order valence-electron chi connectivity index (χ2n) is 7.56. The molecule has 0 saturated carbocycles. The maximum absolute atomic E-state index is 11.6. The number of aromatic amines is 1. The van der Waals surface area contributed by atoms with Gasteiger partial charge in [0.05, 0.1) is 21.7 Å². The monoisotopic (exact) mass is 472 g/mol. The Morgan fingerprint density at radius 2 is 1.81 bits per heavy atom. The zero-order valence-corrected chi connectivity index (χ0v) is 19.7. The number of hydrogen-bond acceptors (Lipinski definition) is 3. The van der Waals surface area contributed by atoms with Gasteiger partial charge < -0.3 is 9.72 Å². The van der Waals surface area contributed by atoms with Crippen LogP contribution in [0.25, 0.3) is 22.2 Å². The molecule has 0 aliphatic rings. The molecule has 1 N–H and O–H groups in total. The van der Waals surface area contributed by atoms with Crippen molar-refractivity contribution in [2.45, 2.75) is 31.3 Å². The highest BCUT2D eigenvalue weighted by Crippen LogP contribution is 2.43. The van der Waals surface area contributed by atoms with Gasteiger partial charge >= 0.3 is 0 Å². The third kappa shape index (κ3) is 4.64. The molecule has 1 unspecified atom stereocenters. The minimum absolute atomic E-state index is 0.0240. The van der Waals surface area contributed by atoms with Gasteiger partial charge in [-0.15, -0.1) is 0 Å². The topological polar surface area (TPSA) is 55.0 Å². The van der Waals surface area contributed by atoms with E-state index in [0.29, 0.717) is 27.5 Å². The molecule has 3 aromatic carbocycles. The quantitative estimate of drug-likeness (QED) is 0.341. The van der Waals surface area contributed by atoms with Crippen LogP contribution >= 0.6 is 23.2 Å². The van der Waals surface area contributed by atoms with E-state index < -0.39 is 10.8 Å². The van der Waals surface area contributed by atoms with Crippen LogP contribution in [0.4, 0.5) is 0 Å². The molecule has 31 heavy (non-hydrogen) atoms. The van der Waals surface area contributed by atoms with Crippen LogP contribution in [0.1, 0.15) is 25.2 Å². The molecule has 0 fully saturated rings. The van der Waals surface area contributed by atoms with Crippen LogP contribution in [-0.2, 0) is 17.2 Å². The molecule has 1 atom stereocenters. The van der Waals surface area contributed by atoms with E-state index >= 15 is 0 Å². The molecule has 0 amide bonds. The third-order valence-corrected chi connectivity index (χ3v) is 6.47. The lowest BCUT2D eigenvalue weighted by Crippen LogP contribution is -2.06. The van der Waals surface area contributed by atoms with Gasteiger partial charge in [-0.2, -0.15) is 0 Å². The lowest BCUT2D eigenvalue weighted by atomic mass is 10.0. The average Bonchev–Trinajstić information content (AvgIpc) is 3.11. The lowest BCUT2D eigenvalue weighted by molar-refractivity contribution is 0.243. The molecule has 0 aliphatic carbocycles. The van der Waals surface area contributed by atoms with Crippen LogP contribution in [-0.4, -0.2) is 26.5 Å². The van der Waals surface area contributed by atoms with Crippen LogP contribution in [0.5, 0.6) is 5.75 Å². The molecule has 4 aromatic rings. The number of benzene rings is 3. The summed E-state index contributed by atoms with van der Waals surface area (Å²) in [6, 6.07) is 17.2. The molecule has 160 valence electrons. The number of H-pyrrole nitrogens is 1. The lowest BCUT2D eigenvalue weighted by Gasteiger charge is -2.16. The number of imidazole rings is 1. The summed E-state index contributed by atoms with van der Waals surface area (Å²) in [6.45, 7) is 3.96. The Labute approximate surface area is 194 Å². The molecule has 1 heterocycles. The van der Waals surface area contributed by atoms with Gasteiger partial charge in [0.2, 0.25) is 0 Å². The van der Waals surface area contributed by atoms with Gasteiger partial charge in [-0.25, -0.2) is 4.98 Å². The Morgan fingerprint density at radius 1 is 1.10 bits per heavy atom. The summed E-state index contributed by atoms with van der Waals surface area (Å²) >= 11 is 13.5. The summed E-state index contributed by atoms with van der Waals surface area (Å²) in [4.78, 5) is 8.85. The van der Waals surface area contributed by atoms with E-state index in [2.05, 4.69) is 4.98 Å². The number of ether oxygens (including phenoxy) is 1. The Morgan fingerprint density at radius 3 is 2.48 bits per heavy atom. The van der Waals surface area contributed by atoms with Crippen LogP contribution in [0.15, 0.2) is 59.5 Å². The fraction of sp³-hybridized carbons (Fsp3) is 0.208. The Balaban J connectivity index is 1.74. The Kier molecular flexibility index (Phi) is 6.37. The van der Waals surface area contributed by atoms with Crippen molar-refractivity contribution in [3.05, 3.63) is 76.0 Å². The molecular formula is C24H22Cl2N2O2S. The Bertz CT molecular complexity index is 1270. The first-order valence-corrected chi connectivity index (χ1v) is 12.2. The highest BCUT2D eigenvalue weighted by molar-refractivity contribution is 7.84. The standard InChI is InChI=1S/C24H22Cl2N2O2S/c1-14(2)30-20-7-5-4-6-17(20)22-18(25)13-19-24(23(22)26)28-21(27-19)12-15-8-10-16(11-9-15)31(3)29/h4-11,13-14H,12H2,1-3H3,(H,27,28). The minimum atomic E-state index is -0.995. The van der Waals surface area contributed by atoms with Crippen molar-refractivity contribution in [1.29, 1.82) is 0 Å². The first-order chi connectivity index (χ1) is 14.8. The highest BCUT2D eigenvalue weighted by atomic mass is 35.5. The van der Waals surface area contributed by atoms with Crippen molar-refractivity contribution in [3.8, 4) is 16.9 Å². The summed E-state index contributed by atoms with van der Waals surface area (Å²) in [5.41, 5.74) is 4.05. The maximum atomic E-state index is 11.6. The van der Waals surface area contributed by atoms with Crippen LogP contribution in [0.2, 0.25) is 10.0 Å². The molecule has 7 heteroatoms. The van der Waals surface area contributed by atoms with E-state index in [1.54, 1.807) is 6.26 Å². The first-order valence-electron chi connectivity index (χ1n) is 9.88. The third-order valence-electron chi connectivity index (χ3n) is 4.86. The van der Waals surface area contributed by atoms with Crippen molar-refractivity contribution < 1.29 is 8.95 Å². The van der Waals surface area contributed by atoms with E-state index in [4.69, 9.17) is 32.9 Å². The number of aromatic nitrogens is 2. The molecule has 4 nitrogen and oxygen atoms in total. The van der Waals surface area contributed by atoms with Crippen molar-refractivity contribution in [1.82, 2.24) is 9.97 Å². The molecular weight excluding hydrogens is 451 g/mol. The van der Waals surface area contributed by atoms with Gasteiger partial charge in [0.1, 0.15) is 17.1 Å². The van der Waals surface area contributed by atoms with E-state index in [1.807, 2.05) is 68.4 Å². The van der Waals surface area contributed by atoms with Crippen LogP contribution in [0, 0.1) is 0 Å². The van der Waals surface area contributed by atoms with Crippen LogP contribution < -0.4 is 4.74 Å². The number of nitrogens with one attached hydrogen (secondary N) is 1. The van der Waals surface area contributed by atoms with Crippen molar-refractivity contribution in [3.63, 3.8) is 0 Å². The van der Waals surface area contributed by atoms with Gasteiger partial charge in [0, 0.05) is 39.5 Å². The average molecular weight is 473 g/mol. The molecule has 4 rings (SSSR count). The number of fused-ring (bicyclic) bond motifs is 1. The second-order valence-corrected chi connectivity index (χ2v) is 9.73. The van der Waals surface area contributed by atoms with E-state index in [0.717, 1.165) is 33.1 Å². The number of hydrogen-bond donors (Lipinski definition) is 1. The molecule has 0 saturated heterocycles. The first kappa shape index (κ1) is 21.9.